The van der Waals surface area contributed by atoms with Crippen molar-refractivity contribution in [2.45, 2.75) is 19.9 Å². The summed E-state index contributed by atoms with van der Waals surface area (Å²) in [5.74, 6) is 0.0886. The SMILES string of the molecule is CCCOc1ccc(C(=O)NCc2cccnc2)cc1C(=O)Cl. The summed E-state index contributed by atoms with van der Waals surface area (Å²) in [6.45, 7) is 2.79. The third-order valence-corrected chi connectivity index (χ3v) is 3.29. The minimum atomic E-state index is -0.655. The molecule has 0 saturated heterocycles. The van der Waals surface area contributed by atoms with Crippen molar-refractivity contribution in [1.82, 2.24) is 10.3 Å². The van der Waals surface area contributed by atoms with E-state index in [0.717, 1.165) is 12.0 Å². The first-order valence-corrected chi connectivity index (χ1v) is 7.63. The molecule has 0 fully saturated rings. The molecule has 2 aromatic rings. The van der Waals surface area contributed by atoms with E-state index in [1.807, 2.05) is 13.0 Å². The van der Waals surface area contributed by atoms with E-state index in [2.05, 4.69) is 10.3 Å². The Hall–Kier alpha value is -2.40. The Morgan fingerprint density at radius 3 is 2.78 bits per heavy atom. The molecule has 2 rings (SSSR count). The quantitative estimate of drug-likeness (QED) is 0.791. The van der Waals surface area contributed by atoms with Crippen LogP contribution in [-0.4, -0.2) is 22.7 Å². The topological polar surface area (TPSA) is 68.3 Å². The van der Waals surface area contributed by atoms with E-state index < -0.39 is 5.24 Å². The standard InChI is InChI=1S/C17H17ClN2O3/c1-2-8-23-15-6-5-13(9-14(15)16(18)21)17(22)20-11-12-4-3-7-19-10-12/h3-7,9-10H,2,8,11H2,1H3,(H,20,22). The van der Waals surface area contributed by atoms with Gasteiger partial charge < -0.3 is 10.1 Å². The third kappa shape index (κ3) is 4.79. The number of hydrogen-bond acceptors (Lipinski definition) is 4. The lowest BCUT2D eigenvalue weighted by atomic mass is 10.1. The van der Waals surface area contributed by atoms with Crippen LogP contribution in [0.15, 0.2) is 42.7 Å². The minimum absolute atomic E-state index is 0.189. The molecule has 0 saturated carbocycles. The molecule has 0 aliphatic rings. The molecular weight excluding hydrogens is 316 g/mol. The van der Waals surface area contributed by atoms with Crippen molar-refractivity contribution in [3.05, 3.63) is 59.4 Å². The van der Waals surface area contributed by atoms with E-state index in [1.54, 1.807) is 30.6 Å². The number of nitrogens with zero attached hydrogens (tertiary/aromatic N) is 1. The van der Waals surface area contributed by atoms with Crippen LogP contribution in [0, 0.1) is 0 Å². The first-order valence-electron chi connectivity index (χ1n) is 7.25. The molecule has 6 heteroatoms. The van der Waals surface area contributed by atoms with E-state index in [1.165, 1.54) is 6.07 Å². The second-order valence-corrected chi connectivity index (χ2v) is 5.22. The van der Waals surface area contributed by atoms with Crippen LogP contribution >= 0.6 is 11.6 Å². The smallest absolute Gasteiger partial charge is 0.256 e. The number of halogens is 1. The summed E-state index contributed by atoms with van der Waals surface area (Å²) in [7, 11) is 0. The van der Waals surface area contributed by atoms with Gasteiger partial charge in [-0.05, 0) is 47.9 Å². The number of amides is 1. The molecule has 0 aliphatic carbocycles. The molecular formula is C17H17ClN2O3. The Bertz CT molecular complexity index is 689. The lowest BCUT2D eigenvalue weighted by Gasteiger charge is -2.10. The number of aromatic nitrogens is 1. The summed E-state index contributed by atoms with van der Waals surface area (Å²) in [4.78, 5) is 27.7. The van der Waals surface area contributed by atoms with Crippen molar-refractivity contribution in [3.63, 3.8) is 0 Å². The summed E-state index contributed by atoms with van der Waals surface area (Å²) >= 11 is 5.58. The number of ether oxygens (including phenoxy) is 1. The van der Waals surface area contributed by atoms with Gasteiger partial charge in [0.2, 0.25) is 0 Å². The highest BCUT2D eigenvalue weighted by molar-refractivity contribution is 6.68. The monoisotopic (exact) mass is 332 g/mol. The van der Waals surface area contributed by atoms with Gasteiger partial charge in [0.05, 0.1) is 12.2 Å². The Balaban J connectivity index is 2.11. The van der Waals surface area contributed by atoms with Gasteiger partial charge in [-0.1, -0.05) is 13.0 Å². The van der Waals surface area contributed by atoms with Gasteiger partial charge in [-0.25, -0.2) is 0 Å². The van der Waals surface area contributed by atoms with Crippen molar-refractivity contribution < 1.29 is 14.3 Å². The van der Waals surface area contributed by atoms with Crippen LogP contribution in [0.5, 0.6) is 5.75 Å². The highest BCUT2D eigenvalue weighted by atomic mass is 35.5. The number of hydrogen-bond donors (Lipinski definition) is 1. The average Bonchev–Trinajstić information content (AvgIpc) is 2.58. The van der Waals surface area contributed by atoms with Gasteiger partial charge in [-0.3, -0.25) is 14.6 Å². The van der Waals surface area contributed by atoms with Crippen LogP contribution in [0.4, 0.5) is 0 Å². The Labute approximate surface area is 139 Å². The molecule has 0 bridgehead atoms. The van der Waals surface area contributed by atoms with Gasteiger partial charge in [0, 0.05) is 24.5 Å². The molecule has 23 heavy (non-hydrogen) atoms. The summed E-state index contributed by atoms with van der Waals surface area (Å²) in [5, 5.41) is 2.12. The number of nitrogens with one attached hydrogen (secondary N) is 1. The molecule has 1 heterocycles. The predicted octanol–water partition coefficient (Wildman–Crippen LogP) is 3.18. The number of carbonyl (C=O) groups is 2. The highest BCUT2D eigenvalue weighted by Gasteiger charge is 2.14. The van der Waals surface area contributed by atoms with Crippen molar-refractivity contribution in [2.24, 2.45) is 0 Å². The zero-order valence-electron chi connectivity index (χ0n) is 12.7. The summed E-state index contributed by atoms with van der Waals surface area (Å²) in [5.41, 5.74) is 1.42. The lowest BCUT2D eigenvalue weighted by molar-refractivity contribution is 0.0951. The molecule has 0 spiro atoms. The van der Waals surface area contributed by atoms with Crippen LogP contribution in [0.25, 0.3) is 0 Å². The van der Waals surface area contributed by atoms with Crippen LogP contribution in [0.3, 0.4) is 0 Å². The van der Waals surface area contributed by atoms with Crippen molar-refractivity contribution in [1.29, 1.82) is 0 Å². The zero-order valence-corrected chi connectivity index (χ0v) is 13.5. The molecule has 1 aromatic carbocycles. The minimum Gasteiger partial charge on any atom is -0.493 e. The molecule has 5 nitrogen and oxygen atoms in total. The Kier molecular flexibility index (Phi) is 6.11. The fraction of sp³-hybridized carbons (Fsp3) is 0.235. The zero-order chi connectivity index (χ0) is 16.7. The molecule has 0 unspecified atom stereocenters. The maximum absolute atomic E-state index is 12.2. The van der Waals surface area contributed by atoms with E-state index >= 15 is 0 Å². The maximum atomic E-state index is 12.2. The molecule has 0 atom stereocenters. The van der Waals surface area contributed by atoms with Gasteiger partial charge in [-0.15, -0.1) is 0 Å². The lowest BCUT2D eigenvalue weighted by Crippen LogP contribution is -2.23. The van der Waals surface area contributed by atoms with E-state index in [0.29, 0.717) is 24.5 Å². The van der Waals surface area contributed by atoms with Crippen LogP contribution in [0.1, 0.15) is 39.6 Å². The summed E-state index contributed by atoms with van der Waals surface area (Å²) < 4.78 is 5.47. The fourth-order valence-electron chi connectivity index (χ4n) is 1.95. The van der Waals surface area contributed by atoms with Crippen LogP contribution in [0.2, 0.25) is 0 Å². The van der Waals surface area contributed by atoms with Gasteiger partial charge in [0.25, 0.3) is 11.1 Å². The second-order valence-electron chi connectivity index (χ2n) is 4.88. The molecule has 120 valence electrons. The molecule has 0 radical (unpaired) electrons. The van der Waals surface area contributed by atoms with Crippen LogP contribution < -0.4 is 10.1 Å². The number of pyridine rings is 1. The molecule has 1 amide bonds. The largest absolute Gasteiger partial charge is 0.493 e. The summed E-state index contributed by atoms with van der Waals surface area (Å²) in [6, 6.07) is 8.30. The third-order valence-electron chi connectivity index (χ3n) is 3.09. The van der Waals surface area contributed by atoms with Gasteiger partial charge in [0.1, 0.15) is 5.75 Å². The second kappa shape index (κ2) is 8.29. The van der Waals surface area contributed by atoms with Gasteiger partial charge in [0.15, 0.2) is 0 Å². The molecule has 1 N–H and O–H groups in total. The first-order chi connectivity index (χ1) is 11.1. The average molecular weight is 333 g/mol. The predicted molar refractivity (Wildman–Crippen MR) is 87.8 cm³/mol. The fourth-order valence-corrected chi connectivity index (χ4v) is 2.10. The van der Waals surface area contributed by atoms with E-state index in [9.17, 15) is 9.59 Å². The molecule has 1 aromatic heterocycles. The van der Waals surface area contributed by atoms with Crippen molar-refractivity contribution in [2.75, 3.05) is 6.61 Å². The normalized spacial score (nSPS) is 10.2. The Morgan fingerprint density at radius 2 is 2.13 bits per heavy atom. The van der Waals surface area contributed by atoms with Crippen LogP contribution in [-0.2, 0) is 6.54 Å². The Morgan fingerprint density at radius 1 is 1.30 bits per heavy atom. The van der Waals surface area contributed by atoms with E-state index in [-0.39, 0.29) is 11.5 Å². The first kappa shape index (κ1) is 17.0. The maximum Gasteiger partial charge on any atom is 0.256 e. The van der Waals surface area contributed by atoms with E-state index in [4.69, 9.17) is 16.3 Å². The van der Waals surface area contributed by atoms with Crippen molar-refractivity contribution >= 4 is 22.8 Å². The number of rotatable bonds is 7. The highest BCUT2D eigenvalue weighted by Crippen LogP contribution is 2.22. The van der Waals surface area contributed by atoms with Gasteiger partial charge >= 0.3 is 0 Å². The van der Waals surface area contributed by atoms with Gasteiger partial charge in [-0.2, -0.15) is 0 Å². The molecule has 0 aliphatic heterocycles. The number of benzene rings is 1. The number of carbonyl (C=O) groups excluding carboxylic acids is 2. The van der Waals surface area contributed by atoms with Crippen molar-refractivity contribution in [3.8, 4) is 5.75 Å². The summed E-state index contributed by atoms with van der Waals surface area (Å²) in [6.07, 6.45) is 4.15.